The molecule has 1 fully saturated rings. The van der Waals surface area contributed by atoms with Gasteiger partial charge in [-0.15, -0.1) is 0 Å². The zero-order valence-corrected chi connectivity index (χ0v) is 15.7. The van der Waals surface area contributed by atoms with Gasteiger partial charge in [-0.05, 0) is 42.0 Å². The summed E-state index contributed by atoms with van der Waals surface area (Å²) in [5.74, 6) is -2.83. The van der Waals surface area contributed by atoms with Gasteiger partial charge in [-0.3, -0.25) is 4.79 Å². The van der Waals surface area contributed by atoms with Crippen molar-refractivity contribution in [3.63, 3.8) is 0 Å². The zero-order valence-electron chi connectivity index (χ0n) is 15.0. The first kappa shape index (κ1) is 20.9. The Labute approximate surface area is 168 Å². The SMILES string of the molecule is COc1cccc([C@H]2NC(=O)N[C@@](O)(C(F)(F)F)[C@H]2C(=O)c2ccc(Cl)cc2)c1. The molecule has 6 nitrogen and oxygen atoms in total. The van der Waals surface area contributed by atoms with E-state index in [2.05, 4.69) is 5.32 Å². The number of amides is 2. The first-order valence-electron chi connectivity index (χ1n) is 8.38. The van der Waals surface area contributed by atoms with E-state index in [1.807, 2.05) is 0 Å². The molecular formula is C19H16ClF3N2O4. The van der Waals surface area contributed by atoms with Crippen molar-refractivity contribution < 1.29 is 32.6 Å². The first-order valence-corrected chi connectivity index (χ1v) is 8.76. The lowest BCUT2D eigenvalue weighted by molar-refractivity contribution is -0.287. The van der Waals surface area contributed by atoms with E-state index in [-0.39, 0.29) is 16.1 Å². The van der Waals surface area contributed by atoms with Gasteiger partial charge in [0.25, 0.3) is 0 Å². The smallest absolute Gasteiger partial charge is 0.437 e. The molecule has 2 amide bonds. The number of urea groups is 1. The molecular weight excluding hydrogens is 413 g/mol. The van der Waals surface area contributed by atoms with Crippen molar-refractivity contribution >= 4 is 23.4 Å². The quantitative estimate of drug-likeness (QED) is 0.651. The van der Waals surface area contributed by atoms with Gasteiger partial charge in [-0.2, -0.15) is 13.2 Å². The summed E-state index contributed by atoms with van der Waals surface area (Å²) in [7, 11) is 1.36. The third-order valence-electron chi connectivity index (χ3n) is 4.67. The van der Waals surface area contributed by atoms with E-state index in [1.54, 1.807) is 6.07 Å². The molecule has 2 aromatic carbocycles. The molecule has 0 unspecified atom stereocenters. The third kappa shape index (κ3) is 3.88. The van der Waals surface area contributed by atoms with Gasteiger partial charge < -0.3 is 20.5 Å². The molecule has 3 rings (SSSR count). The minimum atomic E-state index is -5.32. The summed E-state index contributed by atoms with van der Waals surface area (Å²) in [5, 5.41) is 14.6. The summed E-state index contributed by atoms with van der Waals surface area (Å²) in [6, 6.07) is 8.31. The van der Waals surface area contributed by atoms with Crippen molar-refractivity contribution in [3.05, 3.63) is 64.7 Å². The Bertz CT molecular complexity index is 936. The first-order chi connectivity index (χ1) is 13.6. The van der Waals surface area contributed by atoms with Crippen molar-refractivity contribution in [3.8, 4) is 5.75 Å². The molecule has 0 aromatic heterocycles. The van der Waals surface area contributed by atoms with Crippen LogP contribution in [0.3, 0.4) is 0 Å². The molecule has 0 bridgehead atoms. The Morgan fingerprint density at radius 3 is 2.45 bits per heavy atom. The van der Waals surface area contributed by atoms with Gasteiger partial charge in [0.15, 0.2) is 5.78 Å². The number of aliphatic hydroxyl groups is 1. The van der Waals surface area contributed by atoms with Crippen LogP contribution in [0.4, 0.5) is 18.0 Å². The average Bonchev–Trinajstić information content (AvgIpc) is 2.66. The van der Waals surface area contributed by atoms with Gasteiger partial charge in [0, 0.05) is 10.6 Å². The molecule has 10 heteroatoms. The molecule has 0 spiro atoms. The number of alkyl halides is 3. The fourth-order valence-corrected chi connectivity index (χ4v) is 3.37. The fourth-order valence-electron chi connectivity index (χ4n) is 3.25. The zero-order chi connectivity index (χ0) is 21.4. The minimum Gasteiger partial charge on any atom is -0.497 e. The number of nitrogens with one attached hydrogen (secondary N) is 2. The molecule has 3 atom stereocenters. The van der Waals surface area contributed by atoms with E-state index < -0.39 is 35.7 Å². The summed E-state index contributed by atoms with van der Waals surface area (Å²) >= 11 is 5.78. The van der Waals surface area contributed by atoms with Crippen molar-refractivity contribution in [2.24, 2.45) is 5.92 Å². The summed E-state index contributed by atoms with van der Waals surface area (Å²) in [5.41, 5.74) is -3.73. The number of hydrogen-bond donors (Lipinski definition) is 3. The van der Waals surface area contributed by atoms with Gasteiger partial charge in [-0.25, -0.2) is 4.79 Å². The molecule has 0 saturated carbocycles. The second kappa shape index (κ2) is 7.57. The minimum absolute atomic E-state index is 0.104. The maximum Gasteiger partial charge on any atom is 0.437 e. The highest BCUT2D eigenvalue weighted by Crippen LogP contribution is 2.44. The third-order valence-corrected chi connectivity index (χ3v) is 4.92. The highest BCUT2D eigenvalue weighted by molar-refractivity contribution is 6.30. The summed E-state index contributed by atoms with van der Waals surface area (Å²) < 4.78 is 46.6. The van der Waals surface area contributed by atoms with E-state index in [4.69, 9.17) is 16.3 Å². The number of halogens is 4. The monoisotopic (exact) mass is 428 g/mol. The topological polar surface area (TPSA) is 87.7 Å². The van der Waals surface area contributed by atoms with Gasteiger partial charge in [0.1, 0.15) is 11.7 Å². The van der Waals surface area contributed by atoms with Crippen LogP contribution in [0.25, 0.3) is 0 Å². The van der Waals surface area contributed by atoms with E-state index in [1.165, 1.54) is 54.9 Å². The van der Waals surface area contributed by atoms with Crippen molar-refractivity contribution in [2.45, 2.75) is 17.9 Å². The van der Waals surface area contributed by atoms with Crippen LogP contribution >= 0.6 is 11.6 Å². The number of ketones is 1. The number of rotatable bonds is 4. The van der Waals surface area contributed by atoms with E-state index in [9.17, 15) is 27.9 Å². The lowest BCUT2D eigenvalue weighted by Gasteiger charge is -2.45. The Balaban J connectivity index is 2.16. The van der Waals surface area contributed by atoms with Gasteiger partial charge in [0.05, 0.1) is 13.2 Å². The van der Waals surface area contributed by atoms with Crippen molar-refractivity contribution in [1.29, 1.82) is 0 Å². The van der Waals surface area contributed by atoms with Crippen LogP contribution in [0.15, 0.2) is 48.5 Å². The molecule has 0 radical (unpaired) electrons. The number of Topliss-reactive ketones (excluding diaryl/α,β-unsaturated/α-hetero) is 1. The molecule has 29 heavy (non-hydrogen) atoms. The van der Waals surface area contributed by atoms with E-state index >= 15 is 0 Å². The van der Waals surface area contributed by atoms with Crippen LogP contribution in [0, 0.1) is 5.92 Å². The molecule has 154 valence electrons. The number of ether oxygens (including phenoxy) is 1. The number of hydrogen-bond acceptors (Lipinski definition) is 4. The highest BCUT2D eigenvalue weighted by atomic mass is 35.5. The maximum atomic E-state index is 13.8. The van der Waals surface area contributed by atoms with Gasteiger partial charge in [0.2, 0.25) is 5.72 Å². The van der Waals surface area contributed by atoms with Crippen LogP contribution in [-0.4, -0.2) is 35.9 Å². The standard InChI is InChI=1S/C19H16ClF3N2O4/c1-29-13-4-2-3-11(9-13)15-14(16(26)10-5-7-12(20)8-6-10)18(28,19(21,22)23)25-17(27)24-15/h2-9,14-15,28H,1H3,(H2,24,25,27)/t14-,15-,18+/m1/s1. The van der Waals surface area contributed by atoms with E-state index in [0.29, 0.717) is 5.75 Å². The van der Waals surface area contributed by atoms with Crippen molar-refractivity contribution in [2.75, 3.05) is 7.11 Å². The number of benzene rings is 2. The van der Waals surface area contributed by atoms with Crippen LogP contribution < -0.4 is 15.4 Å². The lowest BCUT2D eigenvalue weighted by atomic mass is 9.77. The molecule has 1 aliphatic rings. The largest absolute Gasteiger partial charge is 0.497 e. The molecule has 1 aliphatic heterocycles. The summed E-state index contributed by atoms with van der Waals surface area (Å²) in [4.78, 5) is 25.1. The van der Waals surface area contributed by atoms with Gasteiger partial charge in [-0.1, -0.05) is 23.7 Å². The number of methoxy groups -OCH3 is 1. The van der Waals surface area contributed by atoms with Gasteiger partial charge >= 0.3 is 12.2 Å². The highest BCUT2D eigenvalue weighted by Gasteiger charge is 2.66. The second-order valence-electron chi connectivity index (χ2n) is 6.47. The second-order valence-corrected chi connectivity index (χ2v) is 6.90. The predicted molar refractivity (Wildman–Crippen MR) is 97.7 cm³/mol. The Kier molecular flexibility index (Phi) is 5.46. The van der Waals surface area contributed by atoms with Crippen LogP contribution in [-0.2, 0) is 0 Å². The number of carbonyl (C=O) groups is 2. The Morgan fingerprint density at radius 1 is 1.21 bits per heavy atom. The summed E-state index contributed by atoms with van der Waals surface area (Å²) in [6.07, 6.45) is -5.32. The van der Waals surface area contributed by atoms with Crippen molar-refractivity contribution in [1.82, 2.24) is 10.6 Å². The Hall–Kier alpha value is -2.78. The Morgan fingerprint density at radius 2 is 1.86 bits per heavy atom. The van der Waals surface area contributed by atoms with E-state index in [0.717, 1.165) is 0 Å². The number of carbonyl (C=O) groups excluding carboxylic acids is 2. The molecule has 2 aromatic rings. The fraction of sp³-hybridized carbons (Fsp3) is 0.263. The predicted octanol–water partition coefficient (Wildman–Crippen LogP) is 3.45. The summed E-state index contributed by atoms with van der Waals surface area (Å²) in [6.45, 7) is 0. The van der Waals surface area contributed by atoms with Crippen LogP contribution in [0.1, 0.15) is 22.0 Å². The normalized spacial score (nSPS) is 24.4. The average molecular weight is 429 g/mol. The molecule has 1 saturated heterocycles. The molecule has 0 aliphatic carbocycles. The molecule has 3 N–H and O–H groups in total. The van der Waals surface area contributed by atoms with Crippen LogP contribution in [0.2, 0.25) is 5.02 Å². The van der Waals surface area contributed by atoms with Crippen LogP contribution in [0.5, 0.6) is 5.75 Å². The maximum absolute atomic E-state index is 13.8. The molecule has 1 heterocycles. The lowest BCUT2D eigenvalue weighted by Crippen LogP contribution is -2.72.